The molecule has 0 spiro atoms. The van der Waals surface area contributed by atoms with Gasteiger partial charge in [0.05, 0.1) is 0 Å². The van der Waals surface area contributed by atoms with E-state index in [0.717, 1.165) is 109 Å². The standard InChI is InChI=1S/C72H126O6/c1-4-7-10-13-16-19-22-25-28-31-33-35-36-37-39-41-44-47-50-53-56-59-62-65-71(74)77-68-69(67-76-70(73)64-61-58-55-52-49-46-43-40-30-27-24-21-18-15-12-9-6-3)78-72(75)66-63-60-57-54-51-48-45-42-38-34-32-29-26-23-20-17-14-11-8-5-2/h7,10,16,18-19,21,25,27-28,30,33,35,37,39,69H,4-6,8-9,11-15,17,20,22-24,26,29,31-32,34,36,38,40-68H2,1-3H3/b10-7-,19-16-,21-18-,28-25-,30-27-,35-33-,39-37-. The van der Waals surface area contributed by atoms with Crippen molar-refractivity contribution >= 4 is 17.9 Å². The Morgan fingerprint density at radius 1 is 0.269 bits per heavy atom. The summed E-state index contributed by atoms with van der Waals surface area (Å²) in [6.45, 7) is 6.53. The van der Waals surface area contributed by atoms with Crippen molar-refractivity contribution in [3.63, 3.8) is 0 Å². The fourth-order valence-electron chi connectivity index (χ4n) is 9.62. The maximum Gasteiger partial charge on any atom is 0.306 e. The number of unbranched alkanes of at least 4 members (excludes halogenated alkanes) is 36. The maximum atomic E-state index is 12.9. The Morgan fingerprint density at radius 2 is 0.500 bits per heavy atom. The molecule has 1 atom stereocenters. The quantitative estimate of drug-likeness (QED) is 0.0261. The molecule has 0 aromatic heterocycles. The molecule has 0 N–H and O–H groups in total. The van der Waals surface area contributed by atoms with E-state index in [1.54, 1.807) is 0 Å². The summed E-state index contributed by atoms with van der Waals surface area (Å²) in [7, 11) is 0. The van der Waals surface area contributed by atoms with Crippen LogP contribution in [-0.4, -0.2) is 37.2 Å². The molecule has 0 bridgehead atoms. The molecule has 1 unspecified atom stereocenters. The Labute approximate surface area is 484 Å². The van der Waals surface area contributed by atoms with Gasteiger partial charge >= 0.3 is 17.9 Å². The van der Waals surface area contributed by atoms with Crippen LogP contribution in [0.25, 0.3) is 0 Å². The van der Waals surface area contributed by atoms with Gasteiger partial charge in [0, 0.05) is 19.3 Å². The highest BCUT2D eigenvalue weighted by molar-refractivity contribution is 5.71. The van der Waals surface area contributed by atoms with Crippen molar-refractivity contribution in [3.8, 4) is 0 Å². The lowest BCUT2D eigenvalue weighted by atomic mass is 10.0. The summed E-state index contributed by atoms with van der Waals surface area (Å²) < 4.78 is 17.0. The zero-order valence-electron chi connectivity index (χ0n) is 51.7. The van der Waals surface area contributed by atoms with E-state index >= 15 is 0 Å². The third-order valence-corrected chi connectivity index (χ3v) is 14.6. The van der Waals surface area contributed by atoms with Crippen molar-refractivity contribution in [3.05, 3.63) is 85.1 Å². The van der Waals surface area contributed by atoms with E-state index in [4.69, 9.17) is 14.2 Å². The first-order chi connectivity index (χ1) is 38.5. The van der Waals surface area contributed by atoms with E-state index in [9.17, 15) is 14.4 Å². The lowest BCUT2D eigenvalue weighted by Gasteiger charge is -2.18. The first-order valence-corrected chi connectivity index (χ1v) is 33.6. The molecule has 0 rings (SSSR count). The van der Waals surface area contributed by atoms with Crippen LogP contribution in [0.2, 0.25) is 0 Å². The average Bonchev–Trinajstić information content (AvgIpc) is 3.44. The van der Waals surface area contributed by atoms with Gasteiger partial charge < -0.3 is 14.2 Å². The molecule has 0 aliphatic heterocycles. The smallest absolute Gasteiger partial charge is 0.306 e. The number of carbonyl (C=O) groups excluding carboxylic acids is 3. The molecule has 0 aliphatic rings. The molecule has 0 amide bonds. The number of rotatable bonds is 61. The second-order valence-corrected chi connectivity index (χ2v) is 22.4. The molecule has 6 heteroatoms. The van der Waals surface area contributed by atoms with Crippen LogP contribution in [0, 0.1) is 0 Å². The van der Waals surface area contributed by atoms with Gasteiger partial charge in [-0.1, -0.05) is 305 Å². The highest BCUT2D eigenvalue weighted by atomic mass is 16.6. The molecule has 450 valence electrons. The monoisotopic (exact) mass is 1090 g/mol. The zero-order valence-corrected chi connectivity index (χ0v) is 51.7. The lowest BCUT2D eigenvalue weighted by molar-refractivity contribution is -0.167. The molecular formula is C72H126O6. The van der Waals surface area contributed by atoms with E-state index in [1.807, 2.05) is 0 Å². The minimum atomic E-state index is -0.785. The summed E-state index contributed by atoms with van der Waals surface area (Å²) in [6.07, 6.45) is 87.3. The molecular weight excluding hydrogens is 961 g/mol. The first-order valence-electron chi connectivity index (χ1n) is 33.6. The number of esters is 3. The maximum absolute atomic E-state index is 12.9. The van der Waals surface area contributed by atoms with Gasteiger partial charge in [0.1, 0.15) is 13.2 Å². The molecule has 0 fully saturated rings. The summed E-state index contributed by atoms with van der Waals surface area (Å²) in [5.74, 6) is -0.882. The number of carbonyl (C=O) groups is 3. The normalized spacial score (nSPS) is 12.6. The van der Waals surface area contributed by atoms with Crippen LogP contribution in [0.15, 0.2) is 85.1 Å². The zero-order chi connectivity index (χ0) is 56.4. The molecule has 0 aliphatic carbocycles. The largest absolute Gasteiger partial charge is 0.462 e. The van der Waals surface area contributed by atoms with Crippen molar-refractivity contribution in [1.82, 2.24) is 0 Å². The minimum absolute atomic E-state index is 0.0815. The van der Waals surface area contributed by atoms with Crippen LogP contribution in [0.5, 0.6) is 0 Å². The Kier molecular flexibility index (Phi) is 63.2. The highest BCUT2D eigenvalue weighted by Gasteiger charge is 2.19. The summed E-state index contributed by atoms with van der Waals surface area (Å²) in [5, 5.41) is 0. The highest BCUT2D eigenvalue weighted by Crippen LogP contribution is 2.17. The van der Waals surface area contributed by atoms with Crippen LogP contribution >= 0.6 is 0 Å². The van der Waals surface area contributed by atoms with Crippen LogP contribution in [0.1, 0.15) is 335 Å². The minimum Gasteiger partial charge on any atom is -0.462 e. The molecule has 6 nitrogen and oxygen atoms in total. The molecule has 0 aromatic carbocycles. The predicted octanol–water partition coefficient (Wildman–Crippen LogP) is 23.1. The van der Waals surface area contributed by atoms with Crippen LogP contribution < -0.4 is 0 Å². The average molecular weight is 1090 g/mol. The second kappa shape index (κ2) is 66.1. The fraction of sp³-hybridized carbons (Fsp3) is 0.764. The topological polar surface area (TPSA) is 78.9 Å². The summed E-state index contributed by atoms with van der Waals surface area (Å²) >= 11 is 0. The van der Waals surface area contributed by atoms with Gasteiger partial charge in [0.15, 0.2) is 6.10 Å². The van der Waals surface area contributed by atoms with Gasteiger partial charge in [-0.2, -0.15) is 0 Å². The summed E-state index contributed by atoms with van der Waals surface area (Å²) in [6, 6.07) is 0. The second-order valence-electron chi connectivity index (χ2n) is 22.4. The Morgan fingerprint density at radius 3 is 0.808 bits per heavy atom. The van der Waals surface area contributed by atoms with Crippen LogP contribution in [0.4, 0.5) is 0 Å². The van der Waals surface area contributed by atoms with E-state index in [2.05, 4.69) is 106 Å². The van der Waals surface area contributed by atoms with Gasteiger partial charge in [-0.3, -0.25) is 14.4 Å². The fourth-order valence-corrected chi connectivity index (χ4v) is 9.62. The van der Waals surface area contributed by atoms with Gasteiger partial charge in [-0.15, -0.1) is 0 Å². The van der Waals surface area contributed by atoms with E-state index in [1.165, 1.54) is 186 Å². The third-order valence-electron chi connectivity index (χ3n) is 14.6. The molecule has 0 radical (unpaired) electrons. The first kappa shape index (κ1) is 74.6. The number of ether oxygens (including phenoxy) is 3. The van der Waals surface area contributed by atoms with Crippen molar-refractivity contribution in [1.29, 1.82) is 0 Å². The van der Waals surface area contributed by atoms with Gasteiger partial charge in [0.25, 0.3) is 0 Å². The molecule has 0 saturated heterocycles. The SMILES string of the molecule is CC/C=C\C/C=C\C/C=C\C/C=C\C/C=C\CCCCCCCCCC(=O)OCC(COC(=O)CCCCCCCCC/C=C\C/C=C\CCCCC)OC(=O)CCCCCCCCCCCCCCCCCCCCCC. The van der Waals surface area contributed by atoms with Gasteiger partial charge in [-0.05, 0) is 96.3 Å². The van der Waals surface area contributed by atoms with E-state index < -0.39 is 6.10 Å². The lowest BCUT2D eigenvalue weighted by Crippen LogP contribution is -2.30. The Hall–Kier alpha value is -3.41. The Balaban J connectivity index is 4.38. The molecule has 0 heterocycles. The van der Waals surface area contributed by atoms with E-state index in [-0.39, 0.29) is 31.1 Å². The number of hydrogen-bond acceptors (Lipinski definition) is 6. The van der Waals surface area contributed by atoms with Crippen molar-refractivity contribution in [2.24, 2.45) is 0 Å². The molecule has 0 aromatic rings. The summed E-state index contributed by atoms with van der Waals surface area (Å²) in [5.41, 5.74) is 0. The van der Waals surface area contributed by atoms with Crippen LogP contribution in [-0.2, 0) is 28.6 Å². The summed E-state index contributed by atoms with van der Waals surface area (Å²) in [4.78, 5) is 38.4. The number of allylic oxidation sites excluding steroid dienone is 14. The van der Waals surface area contributed by atoms with Crippen LogP contribution in [0.3, 0.4) is 0 Å². The van der Waals surface area contributed by atoms with Gasteiger partial charge in [-0.25, -0.2) is 0 Å². The van der Waals surface area contributed by atoms with Gasteiger partial charge in [0.2, 0.25) is 0 Å². The number of hydrogen-bond donors (Lipinski definition) is 0. The predicted molar refractivity (Wildman–Crippen MR) is 339 cm³/mol. The van der Waals surface area contributed by atoms with Crippen molar-refractivity contribution in [2.75, 3.05) is 13.2 Å². The van der Waals surface area contributed by atoms with Crippen molar-refractivity contribution in [2.45, 2.75) is 341 Å². The third kappa shape index (κ3) is 63.4. The molecule has 78 heavy (non-hydrogen) atoms. The Bertz CT molecular complexity index is 1480. The van der Waals surface area contributed by atoms with E-state index in [0.29, 0.717) is 19.3 Å². The molecule has 0 saturated carbocycles. The van der Waals surface area contributed by atoms with Crippen molar-refractivity contribution < 1.29 is 28.6 Å².